The number of hydrogen-bond acceptors (Lipinski definition) is 4. The molecule has 0 N–H and O–H groups in total. The minimum absolute atomic E-state index is 0.177. The van der Waals surface area contributed by atoms with E-state index in [0.717, 1.165) is 11.2 Å². The molecule has 1 aromatic heterocycles. The van der Waals surface area contributed by atoms with Crippen molar-refractivity contribution in [1.82, 2.24) is 14.3 Å². The monoisotopic (exact) mass is 301 g/mol. The van der Waals surface area contributed by atoms with Crippen LogP contribution in [-0.4, -0.2) is 32.7 Å². The number of aromatic nitrogens is 3. The van der Waals surface area contributed by atoms with Gasteiger partial charge in [-0.05, 0) is 45.3 Å². The minimum atomic E-state index is -0.398. The van der Waals surface area contributed by atoms with Crippen molar-refractivity contribution < 1.29 is 9.31 Å². The summed E-state index contributed by atoms with van der Waals surface area (Å²) in [5.74, 6) is 0. The van der Waals surface area contributed by atoms with E-state index in [1.807, 2.05) is 52.0 Å². The molecule has 3 rings (SSSR count). The highest BCUT2D eigenvalue weighted by molar-refractivity contribution is 6.62. The standard InChI is InChI=1S/C15H20BN3O3/c1-14(2)15(3,4)22-16(21-14)11-6-8-12(9-7-11)19-10-17-18(5)13(19)20/h6-10H,1-5H3. The molecule has 1 aliphatic heterocycles. The maximum atomic E-state index is 11.9. The molecular formula is C15H20BN3O3. The van der Waals surface area contributed by atoms with Gasteiger partial charge in [0.1, 0.15) is 6.33 Å². The van der Waals surface area contributed by atoms with Gasteiger partial charge >= 0.3 is 12.8 Å². The van der Waals surface area contributed by atoms with Crippen molar-refractivity contribution in [1.29, 1.82) is 0 Å². The van der Waals surface area contributed by atoms with E-state index in [1.165, 1.54) is 15.6 Å². The van der Waals surface area contributed by atoms with Gasteiger partial charge in [0.15, 0.2) is 0 Å². The second kappa shape index (κ2) is 4.82. The molecule has 22 heavy (non-hydrogen) atoms. The number of aryl methyl sites for hydroxylation is 1. The average Bonchev–Trinajstić information content (AvgIpc) is 2.88. The minimum Gasteiger partial charge on any atom is -0.399 e. The van der Waals surface area contributed by atoms with E-state index in [2.05, 4.69) is 5.10 Å². The molecule has 6 nitrogen and oxygen atoms in total. The first kappa shape index (κ1) is 15.1. The van der Waals surface area contributed by atoms with E-state index >= 15 is 0 Å². The lowest BCUT2D eigenvalue weighted by Crippen LogP contribution is -2.41. The lowest BCUT2D eigenvalue weighted by Gasteiger charge is -2.32. The van der Waals surface area contributed by atoms with Crippen molar-refractivity contribution in [3.05, 3.63) is 41.1 Å². The molecule has 1 fully saturated rings. The lowest BCUT2D eigenvalue weighted by atomic mass is 9.79. The van der Waals surface area contributed by atoms with Crippen LogP contribution in [0, 0.1) is 0 Å². The molecule has 0 radical (unpaired) electrons. The molecule has 0 saturated carbocycles. The zero-order chi connectivity index (χ0) is 16.1. The first-order valence-corrected chi connectivity index (χ1v) is 7.28. The number of rotatable bonds is 2. The van der Waals surface area contributed by atoms with Crippen molar-refractivity contribution in [3.8, 4) is 5.69 Å². The maximum absolute atomic E-state index is 11.9. The molecule has 0 aliphatic carbocycles. The normalized spacial score (nSPS) is 19.6. The third kappa shape index (κ3) is 2.30. The molecular weight excluding hydrogens is 281 g/mol. The van der Waals surface area contributed by atoms with Gasteiger partial charge in [0.05, 0.1) is 16.9 Å². The van der Waals surface area contributed by atoms with Gasteiger partial charge in [0.2, 0.25) is 0 Å². The van der Waals surface area contributed by atoms with E-state index in [1.54, 1.807) is 7.05 Å². The molecule has 1 saturated heterocycles. The van der Waals surface area contributed by atoms with Crippen LogP contribution in [0.3, 0.4) is 0 Å². The summed E-state index contributed by atoms with van der Waals surface area (Å²) in [4.78, 5) is 11.9. The average molecular weight is 301 g/mol. The predicted octanol–water partition coefficient (Wildman–Crippen LogP) is 0.870. The van der Waals surface area contributed by atoms with Gasteiger partial charge in [-0.15, -0.1) is 0 Å². The fourth-order valence-corrected chi connectivity index (χ4v) is 2.33. The fraction of sp³-hybridized carbons (Fsp3) is 0.467. The highest BCUT2D eigenvalue weighted by atomic mass is 16.7. The molecule has 0 bridgehead atoms. The van der Waals surface area contributed by atoms with E-state index in [0.29, 0.717) is 0 Å². The Hall–Kier alpha value is -1.86. The predicted molar refractivity (Wildman–Crippen MR) is 84.5 cm³/mol. The summed E-state index contributed by atoms with van der Waals surface area (Å²) >= 11 is 0. The van der Waals surface area contributed by atoms with Crippen LogP contribution in [0.15, 0.2) is 35.4 Å². The smallest absolute Gasteiger partial charge is 0.399 e. The zero-order valence-electron chi connectivity index (χ0n) is 13.5. The summed E-state index contributed by atoms with van der Waals surface area (Å²) in [7, 11) is 1.22. The van der Waals surface area contributed by atoms with Gasteiger partial charge in [0, 0.05) is 7.05 Å². The zero-order valence-corrected chi connectivity index (χ0v) is 13.5. The SMILES string of the molecule is Cn1ncn(-c2ccc(B3OC(C)(C)C(C)(C)O3)cc2)c1=O. The highest BCUT2D eigenvalue weighted by Crippen LogP contribution is 2.36. The van der Waals surface area contributed by atoms with Gasteiger partial charge in [-0.3, -0.25) is 0 Å². The van der Waals surface area contributed by atoms with Crippen molar-refractivity contribution >= 4 is 12.6 Å². The Morgan fingerprint density at radius 2 is 1.59 bits per heavy atom. The van der Waals surface area contributed by atoms with Crippen LogP contribution in [-0.2, 0) is 16.4 Å². The van der Waals surface area contributed by atoms with Crippen molar-refractivity contribution in [2.45, 2.75) is 38.9 Å². The largest absolute Gasteiger partial charge is 0.494 e. The molecule has 0 atom stereocenters. The Morgan fingerprint density at radius 1 is 1.05 bits per heavy atom. The molecule has 0 unspecified atom stereocenters. The summed E-state index contributed by atoms with van der Waals surface area (Å²) < 4.78 is 14.8. The Balaban J connectivity index is 1.87. The van der Waals surface area contributed by atoms with E-state index in [4.69, 9.17) is 9.31 Å². The van der Waals surface area contributed by atoms with Crippen molar-refractivity contribution in [2.75, 3.05) is 0 Å². The molecule has 1 aromatic carbocycles. The molecule has 1 aliphatic rings. The Kier molecular flexibility index (Phi) is 3.30. The summed E-state index contributed by atoms with van der Waals surface area (Å²) in [6, 6.07) is 7.56. The van der Waals surface area contributed by atoms with E-state index in [-0.39, 0.29) is 16.9 Å². The summed E-state index contributed by atoms with van der Waals surface area (Å²) in [6.45, 7) is 8.10. The molecule has 2 heterocycles. The van der Waals surface area contributed by atoms with Crippen LogP contribution in [0.25, 0.3) is 5.69 Å². The molecule has 2 aromatic rings. The van der Waals surface area contributed by atoms with Gasteiger partial charge < -0.3 is 9.31 Å². The molecule has 116 valence electrons. The van der Waals surface area contributed by atoms with Crippen LogP contribution in [0.4, 0.5) is 0 Å². The number of nitrogens with zero attached hydrogens (tertiary/aromatic N) is 3. The maximum Gasteiger partial charge on any atom is 0.494 e. The Labute approximate surface area is 129 Å². The number of benzene rings is 1. The quantitative estimate of drug-likeness (QED) is 0.772. The summed E-state index contributed by atoms with van der Waals surface area (Å²) in [5, 5.41) is 3.95. The lowest BCUT2D eigenvalue weighted by molar-refractivity contribution is 0.00578. The first-order chi connectivity index (χ1) is 10.2. The van der Waals surface area contributed by atoms with Crippen molar-refractivity contribution in [3.63, 3.8) is 0 Å². The molecule has 7 heteroatoms. The van der Waals surface area contributed by atoms with Crippen LogP contribution in [0.2, 0.25) is 0 Å². The highest BCUT2D eigenvalue weighted by Gasteiger charge is 2.51. The third-order valence-corrected chi connectivity index (χ3v) is 4.52. The number of hydrogen-bond donors (Lipinski definition) is 0. The second-order valence-electron chi connectivity index (χ2n) is 6.59. The first-order valence-electron chi connectivity index (χ1n) is 7.28. The van der Waals surface area contributed by atoms with Crippen LogP contribution < -0.4 is 11.2 Å². The molecule has 0 spiro atoms. The molecule has 0 amide bonds. The van der Waals surface area contributed by atoms with E-state index in [9.17, 15) is 4.79 Å². The third-order valence-electron chi connectivity index (χ3n) is 4.52. The Morgan fingerprint density at radius 3 is 2.05 bits per heavy atom. The van der Waals surface area contributed by atoms with Crippen LogP contribution >= 0.6 is 0 Å². The fourth-order valence-electron chi connectivity index (χ4n) is 2.33. The second-order valence-corrected chi connectivity index (χ2v) is 6.59. The van der Waals surface area contributed by atoms with Gasteiger partial charge in [-0.25, -0.2) is 14.0 Å². The van der Waals surface area contributed by atoms with Crippen LogP contribution in [0.5, 0.6) is 0 Å². The van der Waals surface area contributed by atoms with Crippen LogP contribution in [0.1, 0.15) is 27.7 Å². The van der Waals surface area contributed by atoms with Crippen molar-refractivity contribution in [2.24, 2.45) is 7.05 Å². The van der Waals surface area contributed by atoms with E-state index < -0.39 is 7.12 Å². The van der Waals surface area contributed by atoms with Gasteiger partial charge in [0.25, 0.3) is 0 Å². The Bertz CT molecular complexity index is 730. The summed E-state index contributed by atoms with van der Waals surface area (Å²) in [5.41, 5.74) is 0.786. The topological polar surface area (TPSA) is 58.3 Å². The van der Waals surface area contributed by atoms with Gasteiger partial charge in [-0.2, -0.15) is 5.10 Å². The summed E-state index contributed by atoms with van der Waals surface area (Å²) in [6.07, 6.45) is 1.51. The van der Waals surface area contributed by atoms with Gasteiger partial charge in [-0.1, -0.05) is 12.1 Å².